The van der Waals surface area contributed by atoms with Crippen molar-refractivity contribution in [1.82, 2.24) is 9.97 Å². The lowest BCUT2D eigenvalue weighted by atomic mass is 10.1. The van der Waals surface area contributed by atoms with Crippen molar-refractivity contribution in [2.75, 3.05) is 0 Å². The molecule has 0 atom stereocenters. The third-order valence-corrected chi connectivity index (χ3v) is 4.93. The average Bonchev–Trinajstić information content (AvgIpc) is 2.86. The highest BCUT2D eigenvalue weighted by Gasteiger charge is 2.15. The first kappa shape index (κ1) is 12.7. The van der Waals surface area contributed by atoms with Crippen LogP contribution in [0.1, 0.15) is 5.56 Å². The Morgan fingerprint density at radius 2 is 1.71 bits per heavy atom. The topological polar surface area (TPSA) is 25.8 Å². The zero-order chi connectivity index (χ0) is 14.4. The molecule has 0 fully saturated rings. The van der Waals surface area contributed by atoms with Gasteiger partial charge in [-0.2, -0.15) is 0 Å². The predicted octanol–water partition coefficient (Wildman–Crippen LogP) is 5.47. The van der Waals surface area contributed by atoms with Crippen molar-refractivity contribution < 1.29 is 0 Å². The fraction of sp³-hybridized carbons (Fsp3) is 0.0588. The Balaban J connectivity index is 2.17. The van der Waals surface area contributed by atoms with Gasteiger partial charge in [0, 0.05) is 15.6 Å². The first-order chi connectivity index (χ1) is 10.2. The summed E-state index contributed by atoms with van der Waals surface area (Å²) in [6.07, 6.45) is 0. The zero-order valence-corrected chi connectivity index (χ0v) is 12.9. The molecule has 0 unspecified atom stereocenters. The standard InChI is InChI=1S/C17H11ClN2S/c1-10-6-2-3-7-11(10)14-16-15(20-17(18)19-14)12-8-4-5-9-13(12)21-16/h2-9H,1H3. The van der Waals surface area contributed by atoms with Crippen LogP contribution in [0.25, 0.3) is 31.6 Å². The predicted molar refractivity (Wildman–Crippen MR) is 90.1 cm³/mol. The van der Waals surface area contributed by atoms with Crippen LogP contribution in [-0.2, 0) is 0 Å². The molecule has 2 nitrogen and oxygen atoms in total. The summed E-state index contributed by atoms with van der Waals surface area (Å²) in [6.45, 7) is 2.09. The Hall–Kier alpha value is -1.97. The van der Waals surface area contributed by atoms with E-state index in [2.05, 4.69) is 41.2 Å². The van der Waals surface area contributed by atoms with Gasteiger partial charge in [0.2, 0.25) is 5.28 Å². The highest BCUT2D eigenvalue weighted by molar-refractivity contribution is 7.26. The lowest BCUT2D eigenvalue weighted by Crippen LogP contribution is -1.90. The molecule has 0 N–H and O–H groups in total. The molecule has 102 valence electrons. The maximum absolute atomic E-state index is 6.17. The fourth-order valence-electron chi connectivity index (χ4n) is 2.58. The van der Waals surface area contributed by atoms with Crippen LogP contribution < -0.4 is 0 Å². The van der Waals surface area contributed by atoms with E-state index in [1.54, 1.807) is 11.3 Å². The molecule has 4 aromatic rings. The molecule has 0 radical (unpaired) electrons. The SMILES string of the molecule is Cc1ccccc1-c1nc(Cl)nc2c1sc1ccccc12. The minimum absolute atomic E-state index is 0.296. The van der Waals surface area contributed by atoms with Crippen LogP contribution in [0.4, 0.5) is 0 Å². The largest absolute Gasteiger partial charge is 0.223 e. The van der Waals surface area contributed by atoms with Crippen molar-refractivity contribution in [2.45, 2.75) is 6.92 Å². The van der Waals surface area contributed by atoms with Gasteiger partial charge in [0.25, 0.3) is 0 Å². The van der Waals surface area contributed by atoms with Gasteiger partial charge in [-0.3, -0.25) is 0 Å². The maximum Gasteiger partial charge on any atom is 0.223 e. The summed E-state index contributed by atoms with van der Waals surface area (Å²) < 4.78 is 2.30. The second-order valence-corrected chi connectivity index (χ2v) is 6.32. The van der Waals surface area contributed by atoms with Gasteiger partial charge >= 0.3 is 0 Å². The molecule has 0 aliphatic heterocycles. The van der Waals surface area contributed by atoms with Crippen molar-refractivity contribution in [1.29, 1.82) is 0 Å². The second-order valence-electron chi connectivity index (χ2n) is 4.93. The van der Waals surface area contributed by atoms with E-state index in [1.807, 2.05) is 24.3 Å². The van der Waals surface area contributed by atoms with Gasteiger partial charge in [0.1, 0.15) is 0 Å². The molecule has 4 heteroatoms. The molecule has 2 aromatic carbocycles. The number of fused-ring (bicyclic) bond motifs is 3. The number of benzene rings is 2. The summed E-state index contributed by atoms with van der Waals surface area (Å²) in [5.41, 5.74) is 4.16. The van der Waals surface area contributed by atoms with Crippen LogP contribution in [0, 0.1) is 6.92 Å². The van der Waals surface area contributed by atoms with Crippen LogP contribution in [0.2, 0.25) is 5.28 Å². The smallest absolute Gasteiger partial charge is 0.216 e. The molecule has 0 saturated carbocycles. The molecule has 21 heavy (non-hydrogen) atoms. The van der Waals surface area contributed by atoms with E-state index in [9.17, 15) is 0 Å². The monoisotopic (exact) mass is 310 g/mol. The Kier molecular flexibility index (Phi) is 2.91. The zero-order valence-electron chi connectivity index (χ0n) is 11.3. The molecule has 0 aliphatic rings. The van der Waals surface area contributed by atoms with Gasteiger partial charge in [-0.05, 0) is 30.2 Å². The number of aryl methyl sites for hydroxylation is 1. The molecule has 0 spiro atoms. The van der Waals surface area contributed by atoms with E-state index in [0.29, 0.717) is 5.28 Å². The van der Waals surface area contributed by atoms with Gasteiger partial charge in [-0.25, -0.2) is 9.97 Å². The average molecular weight is 311 g/mol. The highest BCUT2D eigenvalue weighted by Crippen LogP contribution is 2.39. The summed E-state index contributed by atoms with van der Waals surface area (Å²) in [4.78, 5) is 8.94. The minimum Gasteiger partial charge on any atom is -0.216 e. The highest BCUT2D eigenvalue weighted by atomic mass is 35.5. The lowest BCUT2D eigenvalue weighted by molar-refractivity contribution is 1.23. The van der Waals surface area contributed by atoms with Crippen LogP contribution in [0.5, 0.6) is 0 Å². The summed E-state index contributed by atoms with van der Waals surface area (Å²) in [5.74, 6) is 0. The van der Waals surface area contributed by atoms with E-state index in [0.717, 1.165) is 26.9 Å². The Labute approximate surface area is 131 Å². The third kappa shape index (κ3) is 2.01. The van der Waals surface area contributed by atoms with Gasteiger partial charge < -0.3 is 0 Å². The number of nitrogens with zero attached hydrogens (tertiary/aromatic N) is 2. The van der Waals surface area contributed by atoms with Gasteiger partial charge in [-0.1, -0.05) is 42.5 Å². The van der Waals surface area contributed by atoms with E-state index in [4.69, 9.17) is 11.6 Å². The third-order valence-electron chi connectivity index (χ3n) is 3.59. The molecule has 0 amide bonds. The maximum atomic E-state index is 6.17. The molecular weight excluding hydrogens is 300 g/mol. The number of aromatic nitrogens is 2. The van der Waals surface area contributed by atoms with Crippen molar-refractivity contribution in [3.8, 4) is 11.3 Å². The van der Waals surface area contributed by atoms with Crippen LogP contribution in [-0.4, -0.2) is 9.97 Å². The van der Waals surface area contributed by atoms with Gasteiger partial charge in [0.05, 0.1) is 15.9 Å². The number of hydrogen-bond donors (Lipinski definition) is 0. The van der Waals surface area contributed by atoms with Gasteiger partial charge in [-0.15, -0.1) is 11.3 Å². The van der Waals surface area contributed by atoms with E-state index >= 15 is 0 Å². The van der Waals surface area contributed by atoms with Crippen molar-refractivity contribution in [3.05, 3.63) is 59.4 Å². The molecular formula is C17H11ClN2S. The summed E-state index contributed by atoms with van der Waals surface area (Å²) >= 11 is 7.88. The summed E-state index contributed by atoms with van der Waals surface area (Å²) in [5, 5.41) is 1.43. The lowest BCUT2D eigenvalue weighted by Gasteiger charge is -2.06. The number of halogens is 1. The second kappa shape index (κ2) is 4.79. The van der Waals surface area contributed by atoms with Crippen LogP contribution in [0.3, 0.4) is 0 Å². The van der Waals surface area contributed by atoms with Gasteiger partial charge in [0.15, 0.2) is 0 Å². The summed E-state index contributed by atoms with van der Waals surface area (Å²) in [7, 11) is 0. The van der Waals surface area contributed by atoms with E-state index < -0.39 is 0 Å². The first-order valence-electron chi connectivity index (χ1n) is 6.65. The normalized spacial score (nSPS) is 11.3. The molecule has 4 rings (SSSR count). The Bertz CT molecular complexity index is 975. The van der Waals surface area contributed by atoms with Crippen molar-refractivity contribution >= 4 is 43.2 Å². The number of hydrogen-bond acceptors (Lipinski definition) is 3. The number of rotatable bonds is 1. The Morgan fingerprint density at radius 1 is 0.952 bits per heavy atom. The fourth-order valence-corrected chi connectivity index (χ4v) is 3.90. The van der Waals surface area contributed by atoms with Crippen molar-refractivity contribution in [2.24, 2.45) is 0 Å². The minimum atomic E-state index is 0.296. The molecule has 2 aromatic heterocycles. The van der Waals surface area contributed by atoms with E-state index in [-0.39, 0.29) is 0 Å². The molecule has 2 heterocycles. The number of thiophene rings is 1. The van der Waals surface area contributed by atoms with Crippen LogP contribution >= 0.6 is 22.9 Å². The molecule has 0 aliphatic carbocycles. The first-order valence-corrected chi connectivity index (χ1v) is 7.84. The molecule has 0 saturated heterocycles. The Morgan fingerprint density at radius 3 is 2.57 bits per heavy atom. The van der Waals surface area contributed by atoms with E-state index in [1.165, 1.54) is 10.3 Å². The van der Waals surface area contributed by atoms with Crippen LogP contribution in [0.15, 0.2) is 48.5 Å². The quantitative estimate of drug-likeness (QED) is 0.435. The van der Waals surface area contributed by atoms with Crippen molar-refractivity contribution in [3.63, 3.8) is 0 Å². The summed E-state index contributed by atoms with van der Waals surface area (Å²) in [6, 6.07) is 16.5. The molecule has 0 bridgehead atoms.